The second-order valence-corrected chi connectivity index (χ2v) is 15.5. The van der Waals surface area contributed by atoms with Crippen LogP contribution in [0.2, 0.25) is 0 Å². The minimum absolute atomic E-state index is 0.0899. The lowest BCUT2D eigenvalue weighted by molar-refractivity contribution is 0.0539. The highest BCUT2D eigenvalue weighted by molar-refractivity contribution is 6.21. The van der Waals surface area contributed by atoms with E-state index >= 15 is 0 Å². The molecule has 0 aliphatic carbocycles. The Bertz CT molecular complexity index is 1750. The first-order chi connectivity index (χ1) is 19.2. The molecule has 0 atom stereocenters. The summed E-state index contributed by atoms with van der Waals surface area (Å²) in [6, 6.07) is 16.5. The molecule has 0 amide bonds. The Morgan fingerprint density at radius 3 is 1.07 bits per heavy atom. The van der Waals surface area contributed by atoms with Crippen LogP contribution in [0.4, 0.5) is 9.59 Å². The predicted molar refractivity (Wildman–Crippen MR) is 173 cm³/mol. The summed E-state index contributed by atoms with van der Waals surface area (Å²) in [5.74, 6) is 0. The van der Waals surface area contributed by atoms with Crippen molar-refractivity contribution in [3.63, 3.8) is 0 Å². The minimum Gasteiger partial charge on any atom is -0.443 e. The van der Waals surface area contributed by atoms with Gasteiger partial charge < -0.3 is 9.47 Å². The van der Waals surface area contributed by atoms with E-state index in [4.69, 9.17) is 9.47 Å². The molecule has 5 aromatic rings. The number of nitrogens with zero attached hydrogens (tertiary/aromatic N) is 2. The average molecular weight is 569 g/mol. The Balaban J connectivity index is 1.95. The molecule has 0 saturated heterocycles. The van der Waals surface area contributed by atoms with Gasteiger partial charge in [0.25, 0.3) is 0 Å². The highest BCUT2D eigenvalue weighted by atomic mass is 16.6. The Labute approximate surface area is 248 Å². The number of rotatable bonds is 0. The van der Waals surface area contributed by atoms with Gasteiger partial charge in [-0.15, -0.1) is 0 Å². The van der Waals surface area contributed by atoms with Gasteiger partial charge >= 0.3 is 12.2 Å². The van der Waals surface area contributed by atoms with Crippen LogP contribution in [0, 0.1) is 0 Å². The van der Waals surface area contributed by atoms with Gasteiger partial charge in [0.1, 0.15) is 11.2 Å². The molecule has 222 valence electrons. The van der Waals surface area contributed by atoms with Crippen LogP contribution in [-0.4, -0.2) is 32.5 Å². The molecule has 0 aliphatic heterocycles. The van der Waals surface area contributed by atoms with Crippen LogP contribution in [0.25, 0.3) is 43.6 Å². The quantitative estimate of drug-likeness (QED) is 0.186. The molecule has 0 spiro atoms. The second kappa shape index (κ2) is 9.35. The number of ether oxygens (including phenoxy) is 2. The Morgan fingerprint density at radius 2 is 0.786 bits per heavy atom. The standard InChI is InChI=1S/C36H44N2O4/c1-33(2,3)21-13-15-27-23(17-21)25-19-30-26(20-29(25)37(27)31(39)41-35(7,8)9)24-18-22(34(4,5)6)14-16-28(24)38(30)32(40)42-36(10,11)12/h13-20H,1-12H3. The van der Waals surface area contributed by atoms with E-state index in [9.17, 15) is 9.59 Å². The first-order valence-corrected chi connectivity index (χ1v) is 14.7. The molecular weight excluding hydrogens is 524 g/mol. The van der Waals surface area contributed by atoms with Gasteiger partial charge in [-0.05, 0) is 99.9 Å². The Kier molecular flexibility index (Phi) is 6.61. The number of aromatic nitrogens is 2. The molecule has 0 unspecified atom stereocenters. The zero-order valence-electron chi connectivity index (χ0n) is 27.1. The SMILES string of the molecule is CC(C)(C)OC(=O)n1c2ccc(C(C)(C)C)cc2c2cc3c(cc21)c1cc(C(C)(C)C)ccc1n3C(=O)OC(C)(C)C. The highest BCUT2D eigenvalue weighted by Crippen LogP contribution is 2.40. The van der Waals surface area contributed by atoms with Crippen LogP contribution in [0.3, 0.4) is 0 Å². The molecule has 0 fully saturated rings. The van der Waals surface area contributed by atoms with Crippen LogP contribution in [-0.2, 0) is 20.3 Å². The predicted octanol–water partition coefficient (Wildman–Crippen LogP) is 10.1. The molecule has 6 heteroatoms. The number of carbonyl (C=O) groups is 2. The van der Waals surface area contributed by atoms with E-state index in [1.165, 1.54) is 0 Å². The van der Waals surface area contributed by atoms with Gasteiger partial charge in [-0.25, -0.2) is 18.7 Å². The lowest BCUT2D eigenvalue weighted by atomic mass is 9.86. The van der Waals surface area contributed by atoms with Crippen molar-refractivity contribution >= 4 is 55.8 Å². The number of hydrogen-bond acceptors (Lipinski definition) is 4. The lowest BCUT2D eigenvalue weighted by Gasteiger charge is -2.21. The van der Waals surface area contributed by atoms with Crippen LogP contribution in [0.1, 0.15) is 94.2 Å². The topological polar surface area (TPSA) is 62.5 Å². The summed E-state index contributed by atoms with van der Waals surface area (Å²) in [4.78, 5) is 27.5. The van der Waals surface area contributed by atoms with E-state index in [1.807, 2.05) is 65.8 Å². The summed E-state index contributed by atoms with van der Waals surface area (Å²) in [5, 5.41) is 3.61. The molecule has 2 heterocycles. The second-order valence-electron chi connectivity index (χ2n) is 15.5. The third-order valence-corrected chi connectivity index (χ3v) is 7.54. The first-order valence-electron chi connectivity index (χ1n) is 14.7. The van der Waals surface area contributed by atoms with E-state index < -0.39 is 23.4 Å². The number of carbonyl (C=O) groups excluding carboxylic acids is 2. The zero-order valence-corrected chi connectivity index (χ0v) is 27.1. The third-order valence-electron chi connectivity index (χ3n) is 7.54. The van der Waals surface area contributed by atoms with Gasteiger partial charge in [-0.2, -0.15) is 0 Å². The summed E-state index contributed by atoms with van der Waals surface area (Å²) in [7, 11) is 0. The molecule has 0 aliphatic rings. The maximum atomic E-state index is 13.7. The zero-order chi connectivity index (χ0) is 31.2. The molecule has 0 radical (unpaired) electrons. The molecule has 2 aromatic heterocycles. The van der Waals surface area contributed by atoms with E-state index in [0.29, 0.717) is 0 Å². The largest absolute Gasteiger partial charge is 0.443 e. The lowest BCUT2D eigenvalue weighted by Crippen LogP contribution is -2.27. The van der Waals surface area contributed by atoms with Crippen LogP contribution in [0.5, 0.6) is 0 Å². The van der Waals surface area contributed by atoms with Gasteiger partial charge in [0, 0.05) is 21.5 Å². The molecule has 5 rings (SSSR count). The van der Waals surface area contributed by atoms with Gasteiger partial charge in [0.15, 0.2) is 0 Å². The number of hydrogen-bond donors (Lipinski definition) is 0. The third kappa shape index (κ3) is 5.28. The van der Waals surface area contributed by atoms with Gasteiger partial charge in [0.2, 0.25) is 0 Å². The summed E-state index contributed by atoms with van der Waals surface area (Å²) >= 11 is 0. The molecule has 0 bridgehead atoms. The molecule has 6 nitrogen and oxygen atoms in total. The van der Waals surface area contributed by atoms with Crippen molar-refractivity contribution in [3.8, 4) is 0 Å². The Hall–Kier alpha value is -3.80. The van der Waals surface area contributed by atoms with Crippen molar-refractivity contribution in [2.24, 2.45) is 0 Å². The molecule has 0 saturated carbocycles. The molecule has 3 aromatic carbocycles. The first kappa shape index (κ1) is 29.7. The summed E-state index contributed by atoms with van der Waals surface area (Å²) < 4.78 is 15.1. The molecule has 42 heavy (non-hydrogen) atoms. The summed E-state index contributed by atoms with van der Waals surface area (Å²) in [6.45, 7) is 24.3. The smallest absolute Gasteiger partial charge is 0.419 e. The van der Waals surface area contributed by atoms with Gasteiger partial charge in [-0.3, -0.25) is 0 Å². The van der Waals surface area contributed by atoms with Crippen LogP contribution >= 0.6 is 0 Å². The summed E-state index contributed by atoms with van der Waals surface area (Å²) in [5.41, 5.74) is 3.81. The van der Waals surface area contributed by atoms with E-state index in [0.717, 1.165) is 54.7 Å². The summed E-state index contributed by atoms with van der Waals surface area (Å²) in [6.07, 6.45) is -0.867. The van der Waals surface area contributed by atoms with Crippen molar-refractivity contribution in [1.82, 2.24) is 9.13 Å². The Morgan fingerprint density at radius 1 is 0.476 bits per heavy atom. The molecule has 0 N–H and O–H groups in total. The highest BCUT2D eigenvalue weighted by Gasteiger charge is 2.28. The van der Waals surface area contributed by atoms with Gasteiger partial charge in [0.05, 0.1) is 22.1 Å². The van der Waals surface area contributed by atoms with Crippen molar-refractivity contribution in [2.75, 3.05) is 0 Å². The normalized spacial score (nSPS) is 13.4. The van der Waals surface area contributed by atoms with Crippen molar-refractivity contribution in [1.29, 1.82) is 0 Å². The van der Waals surface area contributed by atoms with Crippen molar-refractivity contribution in [2.45, 2.75) is 105 Å². The fourth-order valence-electron chi connectivity index (χ4n) is 5.47. The van der Waals surface area contributed by atoms with E-state index in [2.05, 4.69) is 65.8 Å². The van der Waals surface area contributed by atoms with Crippen LogP contribution in [0.15, 0.2) is 48.5 Å². The maximum Gasteiger partial charge on any atom is 0.419 e. The van der Waals surface area contributed by atoms with Crippen LogP contribution < -0.4 is 0 Å². The van der Waals surface area contributed by atoms with Crippen molar-refractivity contribution in [3.05, 3.63) is 59.7 Å². The van der Waals surface area contributed by atoms with Gasteiger partial charge in [-0.1, -0.05) is 53.7 Å². The monoisotopic (exact) mass is 568 g/mol. The number of fused-ring (bicyclic) bond motifs is 6. The van der Waals surface area contributed by atoms with E-state index in [-0.39, 0.29) is 10.8 Å². The average Bonchev–Trinajstić information content (AvgIpc) is 3.30. The molecular formula is C36H44N2O4. The minimum atomic E-state index is -0.663. The number of benzene rings is 3. The fraction of sp³-hybridized carbons (Fsp3) is 0.444. The fourth-order valence-corrected chi connectivity index (χ4v) is 5.47. The van der Waals surface area contributed by atoms with Crippen molar-refractivity contribution < 1.29 is 19.1 Å². The maximum absolute atomic E-state index is 13.7. The van der Waals surface area contributed by atoms with E-state index in [1.54, 1.807) is 9.13 Å².